The molecule has 0 saturated heterocycles. The second-order valence-corrected chi connectivity index (χ2v) is 7.92. The average molecular weight is 314 g/mol. The minimum absolute atomic E-state index is 0.213. The van der Waals surface area contributed by atoms with Crippen molar-refractivity contribution >= 4 is 10.1 Å². The summed E-state index contributed by atoms with van der Waals surface area (Å²) in [5.41, 5.74) is 5.45. The Morgan fingerprint density at radius 1 is 0.955 bits per heavy atom. The summed E-state index contributed by atoms with van der Waals surface area (Å²) in [4.78, 5) is 0. The van der Waals surface area contributed by atoms with Crippen molar-refractivity contribution in [3.8, 4) is 0 Å². The smallest absolute Gasteiger partial charge is 0.264 e. The van der Waals surface area contributed by atoms with Gasteiger partial charge >= 0.3 is 0 Å². The molecule has 2 bridgehead atoms. The van der Waals surface area contributed by atoms with Crippen molar-refractivity contribution in [1.82, 2.24) is 0 Å². The summed E-state index contributed by atoms with van der Waals surface area (Å²) in [6.45, 7) is 0.267. The second kappa shape index (κ2) is 4.93. The van der Waals surface area contributed by atoms with Crippen molar-refractivity contribution < 1.29 is 12.6 Å². The molecule has 0 saturated carbocycles. The minimum Gasteiger partial charge on any atom is -0.270 e. The van der Waals surface area contributed by atoms with Gasteiger partial charge in [0.25, 0.3) is 10.1 Å². The van der Waals surface area contributed by atoms with Crippen LogP contribution in [0.1, 0.15) is 40.5 Å². The van der Waals surface area contributed by atoms with Crippen LogP contribution in [-0.4, -0.2) is 21.3 Å². The molecule has 0 heterocycles. The first-order valence-corrected chi connectivity index (χ1v) is 9.38. The third-order valence-electron chi connectivity index (χ3n) is 4.92. The van der Waals surface area contributed by atoms with E-state index in [1.165, 1.54) is 22.3 Å². The predicted molar refractivity (Wildman–Crippen MR) is 85.5 cm³/mol. The maximum absolute atomic E-state index is 11.3. The predicted octanol–water partition coefficient (Wildman–Crippen LogP) is 3.26. The van der Waals surface area contributed by atoms with E-state index in [0.29, 0.717) is 5.92 Å². The molecule has 3 nitrogen and oxygen atoms in total. The van der Waals surface area contributed by atoms with Gasteiger partial charge in [-0.15, -0.1) is 0 Å². The fourth-order valence-electron chi connectivity index (χ4n) is 4.13. The van der Waals surface area contributed by atoms with E-state index >= 15 is 0 Å². The summed E-state index contributed by atoms with van der Waals surface area (Å²) in [6.07, 6.45) is 2.07. The lowest BCUT2D eigenvalue weighted by Crippen LogP contribution is -2.34. The molecule has 22 heavy (non-hydrogen) atoms. The first kappa shape index (κ1) is 14.0. The lowest BCUT2D eigenvalue weighted by molar-refractivity contribution is 0.211. The second-order valence-electron chi connectivity index (χ2n) is 6.27. The average Bonchev–Trinajstić information content (AvgIpc) is 2.52. The topological polar surface area (TPSA) is 43.4 Å². The van der Waals surface area contributed by atoms with Crippen molar-refractivity contribution in [2.45, 2.75) is 18.3 Å². The summed E-state index contributed by atoms with van der Waals surface area (Å²) in [6, 6.07) is 17.1. The first-order chi connectivity index (χ1) is 10.5. The Morgan fingerprint density at radius 2 is 1.45 bits per heavy atom. The van der Waals surface area contributed by atoms with Crippen molar-refractivity contribution in [1.29, 1.82) is 0 Å². The molecule has 0 spiro atoms. The van der Waals surface area contributed by atoms with Crippen LogP contribution in [0.3, 0.4) is 0 Å². The standard InChI is InChI=1S/C18H18O3S/c1-22(19,20)21-11-12-10-17-13-6-2-4-8-15(13)18(12)16-9-5-3-7-14(16)17/h2-9,12,17-18H,10-11H2,1H3/t12-,17?,18?/m0/s1. The van der Waals surface area contributed by atoms with Crippen LogP contribution in [0.25, 0.3) is 0 Å². The minimum atomic E-state index is -3.40. The Hall–Kier alpha value is -1.65. The van der Waals surface area contributed by atoms with Crippen LogP contribution < -0.4 is 0 Å². The molecule has 2 aromatic carbocycles. The van der Waals surface area contributed by atoms with E-state index < -0.39 is 10.1 Å². The van der Waals surface area contributed by atoms with Crippen molar-refractivity contribution in [3.05, 3.63) is 70.8 Å². The number of hydrogen-bond donors (Lipinski definition) is 0. The first-order valence-electron chi connectivity index (χ1n) is 7.56. The zero-order valence-electron chi connectivity index (χ0n) is 12.4. The molecule has 2 aromatic rings. The molecule has 5 rings (SSSR count). The van der Waals surface area contributed by atoms with E-state index in [4.69, 9.17) is 4.18 Å². The van der Waals surface area contributed by atoms with Crippen molar-refractivity contribution in [3.63, 3.8) is 0 Å². The molecule has 0 N–H and O–H groups in total. The maximum atomic E-state index is 11.3. The summed E-state index contributed by atoms with van der Waals surface area (Å²) in [5, 5.41) is 0. The van der Waals surface area contributed by atoms with E-state index in [-0.39, 0.29) is 18.4 Å². The van der Waals surface area contributed by atoms with Crippen LogP contribution in [0.4, 0.5) is 0 Å². The largest absolute Gasteiger partial charge is 0.270 e. The van der Waals surface area contributed by atoms with Gasteiger partial charge in [0, 0.05) is 11.8 Å². The quantitative estimate of drug-likeness (QED) is 0.817. The highest BCUT2D eigenvalue weighted by molar-refractivity contribution is 7.85. The molecule has 0 radical (unpaired) electrons. The Morgan fingerprint density at radius 3 is 1.95 bits per heavy atom. The van der Waals surface area contributed by atoms with Gasteiger partial charge in [0.15, 0.2) is 0 Å². The van der Waals surface area contributed by atoms with Gasteiger partial charge in [-0.1, -0.05) is 48.5 Å². The highest BCUT2D eigenvalue weighted by atomic mass is 32.2. The summed E-state index contributed by atoms with van der Waals surface area (Å²) < 4.78 is 27.8. The monoisotopic (exact) mass is 314 g/mol. The molecule has 4 heteroatoms. The van der Waals surface area contributed by atoms with Crippen LogP contribution in [0.2, 0.25) is 0 Å². The van der Waals surface area contributed by atoms with Gasteiger partial charge in [0.05, 0.1) is 12.9 Å². The molecule has 0 amide bonds. The zero-order valence-corrected chi connectivity index (χ0v) is 13.2. The number of benzene rings is 2. The van der Waals surface area contributed by atoms with Gasteiger partial charge < -0.3 is 0 Å². The summed E-state index contributed by atoms with van der Waals surface area (Å²) in [7, 11) is -3.40. The number of hydrogen-bond acceptors (Lipinski definition) is 3. The van der Waals surface area contributed by atoms with Crippen LogP contribution in [0.15, 0.2) is 48.5 Å². The molecule has 3 aliphatic rings. The molecular formula is C18H18O3S. The Balaban J connectivity index is 1.79. The Bertz CT molecular complexity index is 778. The Kier molecular flexibility index (Phi) is 3.13. The maximum Gasteiger partial charge on any atom is 0.264 e. The van der Waals surface area contributed by atoms with Crippen LogP contribution in [0, 0.1) is 5.92 Å². The third kappa shape index (κ3) is 2.18. The van der Waals surface area contributed by atoms with Gasteiger partial charge in [0.2, 0.25) is 0 Å². The molecule has 0 unspecified atom stereocenters. The fraction of sp³-hybridized carbons (Fsp3) is 0.333. The van der Waals surface area contributed by atoms with Gasteiger partial charge in [-0.3, -0.25) is 4.18 Å². The Labute approximate surface area is 131 Å². The molecule has 0 aliphatic heterocycles. The van der Waals surface area contributed by atoms with E-state index in [1.54, 1.807) is 0 Å². The lowest BCUT2D eigenvalue weighted by atomic mass is 9.59. The van der Waals surface area contributed by atoms with Crippen molar-refractivity contribution in [2.24, 2.45) is 5.92 Å². The van der Waals surface area contributed by atoms with Gasteiger partial charge in [-0.25, -0.2) is 0 Å². The third-order valence-corrected chi connectivity index (χ3v) is 5.48. The highest BCUT2D eigenvalue weighted by Crippen LogP contribution is 2.55. The van der Waals surface area contributed by atoms with E-state index in [2.05, 4.69) is 48.5 Å². The molecule has 3 aliphatic carbocycles. The normalized spacial score (nSPS) is 25.6. The highest BCUT2D eigenvalue weighted by Gasteiger charge is 2.43. The van der Waals surface area contributed by atoms with Gasteiger partial charge in [0.1, 0.15) is 0 Å². The van der Waals surface area contributed by atoms with Gasteiger partial charge in [-0.05, 0) is 34.6 Å². The van der Waals surface area contributed by atoms with Crippen LogP contribution in [0.5, 0.6) is 0 Å². The lowest BCUT2D eigenvalue weighted by Gasteiger charge is -2.45. The van der Waals surface area contributed by atoms with E-state index in [0.717, 1.165) is 12.7 Å². The molecule has 1 atom stereocenters. The fourth-order valence-corrected chi connectivity index (χ4v) is 4.56. The summed E-state index contributed by atoms with van der Waals surface area (Å²) >= 11 is 0. The summed E-state index contributed by atoms with van der Waals surface area (Å²) in [5.74, 6) is 0.800. The van der Waals surface area contributed by atoms with E-state index in [9.17, 15) is 8.42 Å². The molecule has 114 valence electrons. The van der Waals surface area contributed by atoms with Crippen molar-refractivity contribution in [2.75, 3.05) is 12.9 Å². The van der Waals surface area contributed by atoms with Crippen LogP contribution in [-0.2, 0) is 14.3 Å². The molecule has 0 aromatic heterocycles. The SMILES string of the molecule is CS(=O)(=O)OC[C@@H]1CC2c3ccccc3C1c1ccccc12. The number of fused-ring (bicyclic) bond motifs is 1. The van der Waals surface area contributed by atoms with E-state index in [1.807, 2.05) is 0 Å². The molecule has 0 fully saturated rings. The number of rotatable bonds is 3. The zero-order chi connectivity index (χ0) is 15.3. The van der Waals surface area contributed by atoms with Crippen LogP contribution >= 0.6 is 0 Å². The van der Waals surface area contributed by atoms with Gasteiger partial charge in [-0.2, -0.15) is 8.42 Å². The molecular weight excluding hydrogens is 296 g/mol.